The van der Waals surface area contributed by atoms with Gasteiger partial charge in [0.15, 0.2) is 0 Å². The molecule has 1 aromatic carbocycles. The number of nitrogens with zero attached hydrogens (tertiary/aromatic N) is 3. The number of anilines is 3. The van der Waals surface area contributed by atoms with E-state index in [1.165, 1.54) is 11.1 Å². The van der Waals surface area contributed by atoms with Crippen molar-refractivity contribution in [2.45, 2.75) is 27.2 Å². The van der Waals surface area contributed by atoms with Crippen molar-refractivity contribution in [1.82, 2.24) is 14.9 Å². The number of hydrogen-bond donors (Lipinski definition) is 2. The summed E-state index contributed by atoms with van der Waals surface area (Å²) in [5, 5.41) is 6.66. The lowest BCUT2D eigenvalue weighted by Crippen LogP contribution is -2.16. The first-order valence-electron chi connectivity index (χ1n) is 8.02. The maximum atomic E-state index is 4.55. The van der Waals surface area contributed by atoms with E-state index in [4.69, 9.17) is 0 Å². The number of aromatic nitrogens is 2. The molecule has 23 heavy (non-hydrogen) atoms. The monoisotopic (exact) mass is 313 g/mol. The summed E-state index contributed by atoms with van der Waals surface area (Å²) in [5.74, 6) is 1.49. The van der Waals surface area contributed by atoms with Crippen LogP contribution in [0, 0.1) is 20.8 Å². The quantitative estimate of drug-likeness (QED) is 0.766. The Hall–Kier alpha value is -2.14. The van der Waals surface area contributed by atoms with Crippen LogP contribution in [0.1, 0.15) is 23.2 Å². The molecule has 2 aromatic rings. The van der Waals surface area contributed by atoms with Gasteiger partial charge in [0.25, 0.3) is 0 Å². The van der Waals surface area contributed by atoms with Gasteiger partial charge in [-0.15, -0.1) is 0 Å². The zero-order valence-corrected chi connectivity index (χ0v) is 14.8. The van der Waals surface area contributed by atoms with Crippen molar-refractivity contribution < 1.29 is 0 Å². The molecule has 0 fully saturated rings. The fourth-order valence-electron chi connectivity index (χ4n) is 2.28. The summed E-state index contributed by atoms with van der Waals surface area (Å²) in [4.78, 5) is 11.2. The van der Waals surface area contributed by atoms with E-state index < -0.39 is 0 Å². The molecule has 0 spiro atoms. The second kappa shape index (κ2) is 7.92. The Morgan fingerprint density at radius 2 is 1.78 bits per heavy atom. The standard InChI is InChI=1S/C18H27N5/c1-13-7-8-16(11-14(13)2)21-18-20-15(3)12-17(22-18)19-9-6-10-23(4)5/h7-8,11-12H,6,9-10H2,1-5H3,(H2,19,20,21,22). The zero-order chi connectivity index (χ0) is 16.8. The van der Waals surface area contributed by atoms with Crippen LogP contribution in [0.5, 0.6) is 0 Å². The lowest BCUT2D eigenvalue weighted by molar-refractivity contribution is 0.405. The fraction of sp³-hybridized carbons (Fsp3) is 0.444. The summed E-state index contributed by atoms with van der Waals surface area (Å²) in [6.07, 6.45) is 1.08. The van der Waals surface area contributed by atoms with Gasteiger partial charge in [-0.3, -0.25) is 0 Å². The zero-order valence-electron chi connectivity index (χ0n) is 14.8. The van der Waals surface area contributed by atoms with Crippen molar-refractivity contribution in [3.05, 3.63) is 41.1 Å². The SMILES string of the molecule is Cc1cc(NCCCN(C)C)nc(Nc2ccc(C)c(C)c2)n1. The van der Waals surface area contributed by atoms with Gasteiger partial charge in [0.2, 0.25) is 5.95 Å². The number of hydrogen-bond acceptors (Lipinski definition) is 5. The topological polar surface area (TPSA) is 53.1 Å². The van der Waals surface area contributed by atoms with Crippen molar-refractivity contribution in [3.8, 4) is 0 Å². The highest BCUT2D eigenvalue weighted by Gasteiger charge is 2.04. The van der Waals surface area contributed by atoms with Gasteiger partial charge < -0.3 is 15.5 Å². The van der Waals surface area contributed by atoms with Crippen molar-refractivity contribution in [1.29, 1.82) is 0 Å². The Bertz CT molecular complexity index is 652. The van der Waals surface area contributed by atoms with Crippen LogP contribution in [-0.2, 0) is 0 Å². The molecule has 5 heteroatoms. The van der Waals surface area contributed by atoms with E-state index in [-0.39, 0.29) is 0 Å². The molecule has 0 atom stereocenters. The Morgan fingerprint density at radius 1 is 1.00 bits per heavy atom. The number of rotatable bonds is 7. The van der Waals surface area contributed by atoms with Gasteiger partial charge in [-0.05, 0) is 71.1 Å². The van der Waals surface area contributed by atoms with Crippen LogP contribution in [-0.4, -0.2) is 42.1 Å². The molecule has 1 heterocycles. The summed E-state index contributed by atoms with van der Waals surface area (Å²) in [6.45, 7) is 8.16. The van der Waals surface area contributed by atoms with Crippen LogP contribution in [0.15, 0.2) is 24.3 Å². The van der Waals surface area contributed by atoms with E-state index in [0.29, 0.717) is 5.95 Å². The van der Waals surface area contributed by atoms with E-state index in [2.05, 4.69) is 71.6 Å². The lowest BCUT2D eigenvalue weighted by atomic mass is 10.1. The molecule has 5 nitrogen and oxygen atoms in total. The molecule has 1 aromatic heterocycles. The fourth-order valence-corrected chi connectivity index (χ4v) is 2.28. The predicted molar refractivity (Wildman–Crippen MR) is 97.6 cm³/mol. The molecule has 0 unspecified atom stereocenters. The minimum absolute atomic E-state index is 0.628. The Balaban J connectivity index is 2.03. The van der Waals surface area contributed by atoms with E-state index in [9.17, 15) is 0 Å². The molecule has 124 valence electrons. The summed E-state index contributed by atoms with van der Waals surface area (Å²) in [5.41, 5.74) is 4.49. The van der Waals surface area contributed by atoms with Gasteiger partial charge in [-0.25, -0.2) is 4.98 Å². The molecule has 0 saturated heterocycles. The average Bonchev–Trinajstić information content (AvgIpc) is 2.47. The van der Waals surface area contributed by atoms with Crippen LogP contribution >= 0.6 is 0 Å². The van der Waals surface area contributed by atoms with E-state index in [0.717, 1.165) is 36.7 Å². The molecular weight excluding hydrogens is 286 g/mol. The van der Waals surface area contributed by atoms with Crippen LogP contribution in [0.25, 0.3) is 0 Å². The number of nitrogens with one attached hydrogen (secondary N) is 2. The molecule has 0 bridgehead atoms. The average molecular weight is 313 g/mol. The van der Waals surface area contributed by atoms with Crippen molar-refractivity contribution >= 4 is 17.5 Å². The number of benzene rings is 1. The second-order valence-electron chi connectivity index (χ2n) is 6.23. The second-order valence-corrected chi connectivity index (χ2v) is 6.23. The first-order valence-corrected chi connectivity index (χ1v) is 8.02. The molecule has 0 amide bonds. The van der Waals surface area contributed by atoms with Crippen LogP contribution < -0.4 is 10.6 Å². The van der Waals surface area contributed by atoms with Gasteiger partial charge in [-0.2, -0.15) is 4.98 Å². The first kappa shape index (κ1) is 17.2. The third-order valence-corrected chi connectivity index (χ3v) is 3.71. The first-order chi connectivity index (χ1) is 10.9. The minimum atomic E-state index is 0.628. The van der Waals surface area contributed by atoms with Gasteiger partial charge in [0, 0.05) is 24.0 Å². The lowest BCUT2D eigenvalue weighted by Gasteiger charge is -2.12. The molecular formula is C18H27N5. The van der Waals surface area contributed by atoms with Gasteiger partial charge >= 0.3 is 0 Å². The van der Waals surface area contributed by atoms with Crippen molar-refractivity contribution in [3.63, 3.8) is 0 Å². The molecule has 0 aliphatic rings. The maximum Gasteiger partial charge on any atom is 0.229 e. The Morgan fingerprint density at radius 3 is 2.48 bits per heavy atom. The van der Waals surface area contributed by atoms with E-state index in [1.807, 2.05) is 13.0 Å². The van der Waals surface area contributed by atoms with Gasteiger partial charge in [-0.1, -0.05) is 6.07 Å². The maximum absolute atomic E-state index is 4.55. The normalized spacial score (nSPS) is 10.9. The largest absolute Gasteiger partial charge is 0.370 e. The van der Waals surface area contributed by atoms with Crippen LogP contribution in [0.3, 0.4) is 0 Å². The Labute approximate surface area is 139 Å². The highest BCUT2D eigenvalue weighted by Crippen LogP contribution is 2.18. The molecule has 0 aliphatic heterocycles. The summed E-state index contributed by atoms with van der Waals surface area (Å²) >= 11 is 0. The summed E-state index contributed by atoms with van der Waals surface area (Å²) < 4.78 is 0. The molecule has 0 radical (unpaired) electrons. The van der Waals surface area contributed by atoms with E-state index in [1.54, 1.807) is 0 Å². The molecule has 0 saturated carbocycles. The third kappa shape index (κ3) is 5.53. The van der Waals surface area contributed by atoms with Gasteiger partial charge in [0.1, 0.15) is 5.82 Å². The Kier molecular flexibility index (Phi) is 5.93. The number of aryl methyl sites for hydroxylation is 3. The molecule has 0 aliphatic carbocycles. The molecule has 2 rings (SSSR count). The van der Waals surface area contributed by atoms with Crippen molar-refractivity contribution in [2.24, 2.45) is 0 Å². The summed E-state index contributed by atoms with van der Waals surface area (Å²) in [6, 6.07) is 8.25. The molecule has 2 N–H and O–H groups in total. The smallest absolute Gasteiger partial charge is 0.229 e. The minimum Gasteiger partial charge on any atom is -0.370 e. The summed E-state index contributed by atoms with van der Waals surface area (Å²) in [7, 11) is 4.17. The highest BCUT2D eigenvalue weighted by atomic mass is 15.1. The highest BCUT2D eigenvalue weighted by molar-refractivity contribution is 5.57. The van der Waals surface area contributed by atoms with Crippen LogP contribution in [0.2, 0.25) is 0 Å². The van der Waals surface area contributed by atoms with Crippen molar-refractivity contribution in [2.75, 3.05) is 37.8 Å². The predicted octanol–water partition coefficient (Wildman–Crippen LogP) is 3.51. The van der Waals surface area contributed by atoms with E-state index >= 15 is 0 Å². The van der Waals surface area contributed by atoms with Crippen LogP contribution in [0.4, 0.5) is 17.5 Å². The van der Waals surface area contributed by atoms with Gasteiger partial charge in [0.05, 0.1) is 0 Å². The third-order valence-electron chi connectivity index (χ3n) is 3.71.